The van der Waals surface area contributed by atoms with E-state index in [-0.39, 0.29) is 17.7 Å². The Balaban J connectivity index is 3.43. The lowest BCUT2D eigenvalue weighted by Gasteiger charge is -2.32. The third kappa shape index (κ3) is 5.37. The number of allylic oxidation sites excluding steroid dienone is 2. The zero-order chi connectivity index (χ0) is 19.4. The van der Waals surface area contributed by atoms with E-state index in [2.05, 4.69) is 6.58 Å². The first-order valence-corrected chi connectivity index (χ1v) is 7.94. The lowest BCUT2D eigenvalue weighted by molar-refractivity contribution is -0.128. The van der Waals surface area contributed by atoms with Crippen LogP contribution < -0.4 is 4.74 Å². The first-order chi connectivity index (χ1) is 11.5. The van der Waals surface area contributed by atoms with Crippen LogP contribution in [0.25, 0.3) is 5.57 Å². The standard InChI is InChI=1S/C19H24F3NO2/c1-12(2)23(13(3)4)18(24)17(11-14(5)19(20,21)22)15-7-9-16(25-6)10-8-15/h7-13H,5H2,1-4,6H3/b17-11+. The summed E-state index contributed by atoms with van der Waals surface area (Å²) in [6.45, 7) is 10.3. The number of benzene rings is 1. The van der Waals surface area contributed by atoms with Crippen molar-refractivity contribution in [3.63, 3.8) is 0 Å². The quantitative estimate of drug-likeness (QED) is 0.540. The number of hydrogen-bond donors (Lipinski definition) is 0. The van der Waals surface area contributed by atoms with Gasteiger partial charge in [-0.1, -0.05) is 18.7 Å². The summed E-state index contributed by atoms with van der Waals surface area (Å²) >= 11 is 0. The zero-order valence-corrected chi connectivity index (χ0v) is 15.1. The van der Waals surface area contributed by atoms with Crippen molar-refractivity contribution in [2.45, 2.75) is 46.0 Å². The summed E-state index contributed by atoms with van der Waals surface area (Å²) in [4.78, 5) is 14.5. The van der Waals surface area contributed by atoms with Crippen molar-refractivity contribution < 1.29 is 22.7 Å². The van der Waals surface area contributed by atoms with Crippen molar-refractivity contribution in [2.24, 2.45) is 0 Å². The van der Waals surface area contributed by atoms with E-state index >= 15 is 0 Å². The van der Waals surface area contributed by atoms with Crippen LogP contribution in [0.1, 0.15) is 33.3 Å². The molecule has 0 aliphatic carbocycles. The second-order valence-corrected chi connectivity index (χ2v) is 6.21. The van der Waals surface area contributed by atoms with Crippen LogP contribution in [-0.2, 0) is 4.79 Å². The second-order valence-electron chi connectivity index (χ2n) is 6.21. The molecule has 0 saturated heterocycles. The van der Waals surface area contributed by atoms with Gasteiger partial charge < -0.3 is 9.64 Å². The number of carbonyl (C=O) groups is 1. The van der Waals surface area contributed by atoms with E-state index in [0.29, 0.717) is 11.3 Å². The molecular weight excluding hydrogens is 331 g/mol. The highest BCUT2D eigenvalue weighted by molar-refractivity contribution is 6.20. The molecule has 0 aliphatic rings. The highest BCUT2D eigenvalue weighted by atomic mass is 19.4. The Labute approximate surface area is 146 Å². The number of carbonyl (C=O) groups excluding carboxylic acids is 1. The van der Waals surface area contributed by atoms with Gasteiger partial charge in [-0.3, -0.25) is 4.79 Å². The number of ether oxygens (including phenoxy) is 1. The highest BCUT2D eigenvalue weighted by Gasteiger charge is 2.32. The topological polar surface area (TPSA) is 29.5 Å². The maximum absolute atomic E-state index is 13.0. The van der Waals surface area contributed by atoms with Crippen LogP contribution >= 0.6 is 0 Å². The molecule has 0 aromatic heterocycles. The molecule has 0 saturated carbocycles. The molecule has 25 heavy (non-hydrogen) atoms. The molecule has 1 aromatic rings. The van der Waals surface area contributed by atoms with Crippen molar-refractivity contribution in [1.29, 1.82) is 0 Å². The predicted molar refractivity (Wildman–Crippen MR) is 93.3 cm³/mol. The maximum atomic E-state index is 13.0. The van der Waals surface area contributed by atoms with Gasteiger partial charge in [-0.15, -0.1) is 0 Å². The molecular formula is C19H24F3NO2. The van der Waals surface area contributed by atoms with Crippen LogP contribution in [0.2, 0.25) is 0 Å². The van der Waals surface area contributed by atoms with E-state index in [4.69, 9.17) is 4.74 Å². The Bertz CT molecular complexity index is 636. The van der Waals surface area contributed by atoms with Crippen LogP contribution in [0, 0.1) is 0 Å². The van der Waals surface area contributed by atoms with Gasteiger partial charge in [0.1, 0.15) is 5.75 Å². The minimum absolute atomic E-state index is 0.0487. The average molecular weight is 355 g/mol. The van der Waals surface area contributed by atoms with E-state index < -0.39 is 17.7 Å². The van der Waals surface area contributed by atoms with E-state index in [9.17, 15) is 18.0 Å². The lowest BCUT2D eigenvalue weighted by Crippen LogP contribution is -2.42. The molecule has 0 aliphatic heterocycles. The van der Waals surface area contributed by atoms with Gasteiger partial charge in [0.2, 0.25) is 0 Å². The zero-order valence-electron chi connectivity index (χ0n) is 15.1. The fourth-order valence-electron chi connectivity index (χ4n) is 2.50. The van der Waals surface area contributed by atoms with Crippen molar-refractivity contribution in [2.75, 3.05) is 7.11 Å². The first-order valence-electron chi connectivity index (χ1n) is 7.94. The van der Waals surface area contributed by atoms with Crippen LogP contribution in [-0.4, -0.2) is 36.2 Å². The molecule has 138 valence electrons. The van der Waals surface area contributed by atoms with E-state index in [1.54, 1.807) is 29.2 Å². The number of hydrogen-bond acceptors (Lipinski definition) is 2. The number of methoxy groups -OCH3 is 1. The summed E-state index contributed by atoms with van der Waals surface area (Å²) in [6.07, 6.45) is -3.79. The SMILES string of the molecule is C=C(/C=C(/C(=O)N(C(C)C)C(C)C)c1ccc(OC)cc1)C(F)(F)F. The van der Waals surface area contributed by atoms with Crippen molar-refractivity contribution in [1.82, 2.24) is 4.90 Å². The molecule has 0 heterocycles. The molecule has 0 N–H and O–H groups in total. The molecule has 0 spiro atoms. The normalized spacial score (nSPS) is 12.5. The Morgan fingerprint density at radius 3 is 1.96 bits per heavy atom. The van der Waals surface area contributed by atoms with Gasteiger partial charge in [0, 0.05) is 23.2 Å². The number of rotatable bonds is 6. The molecule has 0 atom stereocenters. The minimum atomic E-state index is -4.60. The third-order valence-electron chi connectivity index (χ3n) is 3.66. The summed E-state index contributed by atoms with van der Waals surface area (Å²) < 4.78 is 43.9. The Hall–Kier alpha value is -2.24. The second kappa shape index (κ2) is 8.23. The van der Waals surface area contributed by atoms with Gasteiger partial charge in [0.15, 0.2) is 0 Å². The summed E-state index contributed by atoms with van der Waals surface area (Å²) in [7, 11) is 1.49. The Kier molecular flexibility index (Phi) is 6.85. The molecule has 1 rings (SSSR count). The smallest absolute Gasteiger partial charge is 0.415 e. The van der Waals surface area contributed by atoms with Gasteiger partial charge in [0.25, 0.3) is 5.91 Å². The monoisotopic (exact) mass is 355 g/mol. The molecule has 1 aromatic carbocycles. The van der Waals surface area contributed by atoms with Gasteiger partial charge in [-0.2, -0.15) is 13.2 Å². The molecule has 0 unspecified atom stereocenters. The predicted octanol–water partition coefficient (Wildman–Crippen LogP) is 4.84. The molecule has 6 heteroatoms. The fourth-order valence-corrected chi connectivity index (χ4v) is 2.50. The summed E-state index contributed by atoms with van der Waals surface area (Å²) in [6, 6.07) is 6.00. The third-order valence-corrected chi connectivity index (χ3v) is 3.66. The highest BCUT2D eigenvalue weighted by Crippen LogP contribution is 2.30. The maximum Gasteiger partial charge on any atom is 0.415 e. The minimum Gasteiger partial charge on any atom is -0.497 e. The van der Waals surface area contributed by atoms with Crippen LogP contribution in [0.4, 0.5) is 13.2 Å². The fraction of sp³-hybridized carbons (Fsp3) is 0.421. The van der Waals surface area contributed by atoms with Crippen LogP contribution in [0.5, 0.6) is 5.75 Å². The van der Waals surface area contributed by atoms with E-state index in [0.717, 1.165) is 6.08 Å². The van der Waals surface area contributed by atoms with Gasteiger partial charge in [-0.05, 0) is 51.5 Å². The summed E-state index contributed by atoms with van der Waals surface area (Å²) in [5.74, 6) is 0.0790. The van der Waals surface area contributed by atoms with Crippen molar-refractivity contribution in [3.05, 3.63) is 48.1 Å². The van der Waals surface area contributed by atoms with Crippen LogP contribution in [0.15, 0.2) is 42.5 Å². The molecule has 0 fully saturated rings. The Morgan fingerprint density at radius 2 is 1.60 bits per heavy atom. The molecule has 1 amide bonds. The molecule has 0 bridgehead atoms. The molecule has 0 radical (unpaired) electrons. The Morgan fingerprint density at radius 1 is 1.12 bits per heavy atom. The van der Waals surface area contributed by atoms with Gasteiger partial charge in [0.05, 0.1) is 7.11 Å². The number of alkyl halides is 3. The van der Waals surface area contributed by atoms with E-state index in [1.807, 2.05) is 27.7 Å². The first kappa shape index (κ1) is 20.8. The van der Waals surface area contributed by atoms with E-state index in [1.165, 1.54) is 7.11 Å². The number of amides is 1. The largest absolute Gasteiger partial charge is 0.497 e. The van der Waals surface area contributed by atoms with Crippen molar-refractivity contribution >= 4 is 11.5 Å². The summed E-state index contributed by atoms with van der Waals surface area (Å²) in [5, 5.41) is 0. The molecule has 3 nitrogen and oxygen atoms in total. The lowest BCUT2D eigenvalue weighted by atomic mass is 10.00. The number of nitrogens with zero attached hydrogens (tertiary/aromatic N) is 1. The van der Waals surface area contributed by atoms with Gasteiger partial charge in [-0.25, -0.2) is 0 Å². The van der Waals surface area contributed by atoms with Crippen molar-refractivity contribution in [3.8, 4) is 5.75 Å². The van der Waals surface area contributed by atoms with Gasteiger partial charge >= 0.3 is 6.18 Å². The average Bonchev–Trinajstić information content (AvgIpc) is 2.50. The summed E-state index contributed by atoms with van der Waals surface area (Å²) in [5.41, 5.74) is -0.742. The number of halogens is 3. The van der Waals surface area contributed by atoms with Crippen LogP contribution in [0.3, 0.4) is 0 Å².